The lowest BCUT2D eigenvalue weighted by Crippen LogP contribution is -2.33. The van der Waals surface area contributed by atoms with Crippen molar-refractivity contribution in [2.24, 2.45) is 11.7 Å². The van der Waals surface area contributed by atoms with Gasteiger partial charge >= 0.3 is 0 Å². The summed E-state index contributed by atoms with van der Waals surface area (Å²) in [6, 6.07) is 0.276. The van der Waals surface area contributed by atoms with Crippen molar-refractivity contribution in [1.82, 2.24) is 19.7 Å². The highest BCUT2D eigenvalue weighted by atomic mass is 15.3. The monoisotopic (exact) mass is 249 g/mol. The van der Waals surface area contributed by atoms with Crippen LogP contribution in [0.2, 0.25) is 0 Å². The molecular weight excluding hydrogens is 226 g/mol. The number of nitrogens with two attached hydrogens (primary N) is 1. The van der Waals surface area contributed by atoms with Crippen LogP contribution >= 0.6 is 0 Å². The molecule has 5 heteroatoms. The second-order valence-corrected chi connectivity index (χ2v) is 5.89. The molecule has 1 saturated heterocycles. The molecule has 5 nitrogen and oxygen atoms in total. The molecule has 1 fully saturated rings. The first kappa shape index (κ1) is 12.1. The van der Waals surface area contributed by atoms with Crippen molar-refractivity contribution in [3.05, 3.63) is 11.6 Å². The highest BCUT2D eigenvalue weighted by Crippen LogP contribution is 2.22. The molecule has 0 radical (unpaired) electrons. The minimum Gasteiger partial charge on any atom is -0.327 e. The van der Waals surface area contributed by atoms with Gasteiger partial charge in [0.05, 0.1) is 0 Å². The molecule has 1 unspecified atom stereocenters. The molecule has 0 spiro atoms. The maximum atomic E-state index is 5.97. The zero-order valence-electron chi connectivity index (χ0n) is 11.2. The van der Waals surface area contributed by atoms with Gasteiger partial charge in [0.15, 0.2) is 0 Å². The van der Waals surface area contributed by atoms with Crippen LogP contribution < -0.4 is 5.73 Å². The molecule has 1 aromatic rings. The van der Waals surface area contributed by atoms with Gasteiger partial charge in [-0.25, -0.2) is 0 Å². The van der Waals surface area contributed by atoms with E-state index in [2.05, 4.69) is 26.7 Å². The smallest absolute Gasteiger partial charge is 0.134 e. The predicted molar refractivity (Wildman–Crippen MR) is 70.2 cm³/mol. The molecule has 2 aliphatic rings. The van der Waals surface area contributed by atoms with Crippen LogP contribution in [0, 0.1) is 5.92 Å². The summed E-state index contributed by atoms with van der Waals surface area (Å²) in [6.07, 6.45) is 5.62. The van der Waals surface area contributed by atoms with Crippen LogP contribution in [-0.4, -0.2) is 45.8 Å². The third-order valence-corrected chi connectivity index (χ3v) is 4.38. The molecular formula is C13H23N5. The first-order chi connectivity index (χ1) is 8.72. The van der Waals surface area contributed by atoms with Crippen LogP contribution in [-0.2, 0) is 19.4 Å². The Balaban J connectivity index is 1.67. The molecule has 3 heterocycles. The van der Waals surface area contributed by atoms with E-state index in [0.717, 1.165) is 37.5 Å². The van der Waals surface area contributed by atoms with E-state index in [1.54, 1.807) is 0 Å². The average Bonchev–Trinajstić information content (AvgIpc) is 2.74. The van der Waals surface area contributed by atoms with Gasteiger partial charge in [0.25, 0.3) is 0 Å². The van der Waals surface area contributed by atoms with E-state index in [1.807, 2.05) is 0 Å². The summed E-state index contributed by atoms with van der Waals surface area (Å²) in [5.41, 5.74) is 5.97. The topological polar surface area (TPSA) is 60.0 Å². The van der Waals surface area contributed by atoms with Crippen molar-refractivity contribution >= 4 is 0 Å². The van der Waals surface area contributed by atoms with Gasteiger partial charge in [0.1, 0.15) is 11.6 Å². The highest BCUT2D eigenvalue weighted by molar-refractivity contribution is 5.02. The number of piperidine rings is 1. The van der Waals surface area contributed by atoms with Gasteiger partial charge in [0, 0.05) is 25.4 Å². The number of aromatic nitrogens is 3. The lowest BCUT2D eigenvalue weighted by atomic mass is 9.93. The van der Waals surface area contributed by atoms with Crippen molar-refractivity contribution in [1.29, 1.82) is 0 Å². The maximum Gasteiger partial charge on any atom is 0.134 e. The number of hydrogen-bond donors (Lipinski definition) is 1. The lowest BCUT2D eigenvalue weighted by Gasteiger charge is -2.29. The van der Waals surface area contributed by atoms with Crippen LogP contribution in [0.3, 0.4) is 0 Å². The molecule has 18 heavy (non-hydrogen) atoms. The normalized spacial score (nSPS) is 26.2. The highest BCUT2D eigenvalue weighted by Gasteiger charge is 2.23. The van der Waals surface area contributed by atoms with Crippen LogP contribution in [0.15, 0.2) is 0 Å². The zero-order valence-corrected chi connectivity index (χ0v) is 11.2. The summed E-state index contributed by atoms with van der Waals surface area (Å²) in [6.45, 7) is 3.44. The molecule has 3 rings (SSSR count). The zero-order chi connectivity index (χ0) is 12.5. The van der Waals surface area contributed by atoms with Crippen molar-refractivity contribution in [2.75, 3.05) is 20.1 Å². The van der Waals surface area contributed by atoms with Crippen LogP contribution in [0.5, 0.6) is 0 Å². The molecule has 0 bridgehead atoms. The van der Waals surface area contributed by atoms with Crippen molar-refractivity contribution in [2.45, 2.75) is 44.7 Å². The van der Waals surface area contributed by atoms with Gasteiger partial charge in [0.2, 0.25) is 0 Å². The summed E-state index contributed by atoms with van der Waals surface area (Å²) in [4.78, 5) is 2.41. The van der Waals surface area contributed by atoms with Crippen LogP contribution in [0.25, 0.3) is 0 Å². The van der Waals surface area contributed by atoms with E-state index in [9.17, 15) is 0 Å². The second kappa shape index (κ2) is 4.97. The molecule has 1 aromatic heterocycles. The molecule has 0 aromatic carbocycles. The largest absolute Gasteiger partial charge is 0.327 e. The van der Waals surface area contributed by atoms with Crippen LogP contribution in [0.4, 0.5) is 0 Å². The number of nitrogens with zero attached hydrogens (tertiary/aromatic N) is 4. The fourth-order valence-corrected chi connectivity index (χ4v) is 3.09. The van der Waals surface area contributed by atoms with Gasteiger partial charge in [-0.05, 0) is 45.3 Å². The summed E-state index contributed by atoms with van der Waals surface area (Å²) in [7, 11) is 2.20. The van der Waals surface area contributed by atoms with E-state index >= 15 is 0 Å². The Morgan fingerprint density at radius 2 is 1.94 bits per heavy atom. The third kappa shape index (κ3) is 2.42. The Kier molecular flexibility index (Phi) is 3.35. The number of likely N-dealkylation sites (tertiary alicyclic amines) is 1. The Hall–Kier alpha value is -0.940. The molecule has 0 aliphatic carbocycles. The Labute approximate surface area is 108 Å². The van der Waals surface area contributed by atoms with E-state index in [-0.39, 0.29) is 6.04 Å². The maximum absolute atomic E-state index is 5.97. The molecule has 0 saturated carbocycles. The quantitative estimate of drug-likeness (QED) is 0.826. The van der Waals surface area contributed by atoms with Gasteiger partial charge < -0.3 is 15.2 Å². The van der Waals surface area contributed by atoms with Gasteiger partial charge in [-0.3, -0.25) is 0 Å². The summed E-state index contributed by atoms with van der Waals surface area (Å²) >= 11 is 0. The second-order valence-electron chi connectivity index (χ2n) is 5.89. The Morgan fingerprint density at radius 1 is 1.17 bits per heavy atom. The van der Waals surface area contributed by atoms with E-state index in [0.29, 0.717) is 0 Å². The molecule has 2 N–H and O–H groups in total. The minimum atomic E-state index is 0.276. The van der Waals surface area contributed by atoms with E-state index in [4.69, 9.17) is 5.73 Å². The fraction of sp³-hybridized carbons (Fsp3) is 0.846. The summed E-state index contributed by atoms with van der Waals surface area (Å²) < 4.78 is 2.31. The number of fused-ring (bicyclic) bond motifs is 1. The van der Waals surface area contributed by atoms with Crippen molar-refractivity contribution in [3.63, 3.8) is 0 Å². The Bertz CT molecular complexity index is 406. The van der Waals surface area contributed by atoms with Gasteiger partial charge in [-0.1, -0.05) is 0 Å². The summed E-state index contributed by atoms with van der Waals surface area (Å²) in [5, 5.41) is 8.70. The average molecular weight is 249 g/mol. The van der Waals surface area contributed by atoms with Crippen LogP contribution in [0.1, 0.15) is 30.9 Å². The number of rotatable bonds is 2. The van der Waals surface area contributed by atoms with Crippen molar-refractivity contribution < 1.29 is 0 Å². The Morgan fingerprint density at radius 3 is 2.72 bits per heavy atom. The van der Waals surface area contributed by atoms with Crippen molar-refractivity contribution in [3.8, 4) is 0 Å². The SMILES string of the molecule is CN1CCC(Cc2nnc3n2CCC(N)C3)CC1. The van der Waals surface area contributed by atoms with E-state index in [1.165, 1.54) is 31.8 Å². The van der Waals surface area contributed by atoms with E-state index < -0.39 is 0 Å². The predicted octanol–water partition coefficient (Wildman–Crippen LogP) is 0.436. The van der Waals surface area contributed by atoms with Gasteiger partial charge in [-0.15, -0.1) is 10.2 Å². The third-order valence-electron chi connectivity index (χ3n) is 4.38. The fourth-order valence-electron chi connectivity index (χ4n) is 3.09. The molecule has 0 amide bonds. The molecule has 1 atom stereocenters. The minimum absolute atomic E-state index is 0.276. The first-order valence-electron chi connectivity index (χ1n) is 7.07. The lowest BCUT2D eigenvalue weighted by molar-refractivity contribution is 0.216. The standard InChI is InChI=1S/C13H23N5/c1-17-5-2-10(3-6-17)8-12-15-16-13-9-11(14)4-7-18(12)13/h10-11H,2-9,14H2,1H3. The summed E-state index contributed by atoms with van der Waals surface area (Å²) in [5.74, 6) is 3.06. The van der Waals surface area contributed by atoms with Gasteiger partial charge in [-0.2, -0.15) is 0 Å². The number of hydrogen-bond acceptors (Lipinski definition) is 4. The molecule has 2 aliphatic heterocycles. The molecule has 100 valence electrons. The first-order valence-corrected chi connectivity index (χ1v) is 7.07.